The lowest BCUT2D eigenvalue weighted by Gasteiger charge is -2.08. The van der Waals surface area contributed by atoms with Crippen LogP contribution in [0.2, 0.25) is 5.02 Å². The number of halogens is 1. The molecule has 0 radical (unpaired) electrons. The van der Waals surface area contributed by atoms with Gasteiger partial charge in [-0.2, -0.15) is 0 Å². The number of nitrogens with zero attached hydrogens (tertiary/aromatic N) is 2. The molecule has 2 heterocycles. The summed E-state index contributed by atoms with van der Waals surface area (Å²) in [5.74, 6) is 0.800. The molecule has 0 spiro atoms. The Kier molecular flexibility index (Phi) is 4.87. The van der Waals surface area contributed by atoms with Gasteiger partial charge < -0.3 is 4.98 Å². The van der Waals surface area contributed by atoms with E-state index in [1.165, 1.54) is 0 Å². The molecule has 2 aromatic heterocycles. The maximum Gasteiger partial charge on any atom is 0.138 e. The molecule has 0 unspecified atom stereocenters. The van der Waals surface area contributed by atoms with Gasteiger partial charge in [-0.3, -0.25) is 15.3 Å². The van der Waals surface area contributed by atoms with E-state index in [2.05, 4.69) is 15.4 Å². The van der Waals surface area contributed by atoms with Crippen LogP contribution < -0.4 is 5.48 Å². The molecule has 0 fully saturated rings. The third-order valence-corrected chi connectivity index (χ3v) is 4.50. The molecular formula is C21H17ClN4O. The molecule has 27 heavy (non-hydrogen) atoms. The summed E-state index contributed by atoms with van der Waals surface area (Å²) in [5.41, 5.74) is 8.18. The maximum absolute atomic E-state index is 6.24. The lowest BCUT2D eigenvalue weighted by atomic mass is 10.1. The van der Waals surface area contributed by atoms with Crippen molar-refractivity contribution in [2.75, 3.05) is 12.6 Å². The molecule has 0 bridgehead atoms. The highest BCUT2D eigenvalue weighted by atomic mass is 35.5. The highest BCUT2D eigenvalue weighted by Crippen LogP contribution is 2.35. The molecule has 6 heteroatoms. The highest BCUT2D eigenvalue weighted by molar-refractivity contribution is 6.33. The molecule has 0 amide bonds. The minimum Gasteiger partial charge on any atom is -0.337 e. The van der Waals surface area contributed by atoms with Gasteiger partial charge in [-0.1, -0.05) is 48.0 Å². The first-order chi connectivity index (χ1) is 13.3. The largest absolute Gasteiger partial charge is 0.337 e. The summed E-state index contributed by atoms with van der Waals surface area (Å²) in [7, 11) is 1.55. The number of benzene rings is 2. The Bertz CT molecular complexity index is 1050. The Balaban J connectivity index is 1.89. The van der Waals surface area contributed by atoms with Gasteiger partial charge in [-0.15, -0.1) is 0 Å². The Morgan fingerprint density at radius 1 is 0.926 bits per heavy atom. The summed E-state index contributed by atoms with van der Waals surface area (Å²) in [6.45, 7) is 0. The standard InChI is InChI=1S/C21H17ClN4O/c1-27-26-18-13-16(7-8-17(18)22)20-19(14-9-11-23-12-10-14)24-21(25-20)15-5-3-2-4-6-15/h2-13,26H,1H3,(H,24,25). The first-order valence-electron chi connectivity index (χ1n) is 8.41. The molecule has 0 atom stereocenters. The van der Waals surface area contributed by atoms with E-state index in [9.17, 15) is 0 Å². The molecule has 134 valence electrons. The molecule has 2 aromatic carbocycles. The van der Waals surface area contributed by atoms with Crippen molar-refractivity contribution in [1.29, 1.82) is 0 Å². The molecule has 0 aliphatic carbocycles. The number of pyridine rings is 1. The average Bonchev–Trinajstić information content (AvgIpc) is 3.17. The van der Waals surface area contributed by atoms with Gasteiger partial charge in [0.05, 0.1) is 29.2 Å². The van der Waals surface area contributed by atoms with E-state index in [-0.39, 0.29) is 0 Å². The van der Waals surface area contributed by atoms with Gasteiger partial charge in [0.15, 0.2) is 0 Å². The number of imidazole rings is 1. The van der Waals surface area contributed by atoms with E-state index in [1.807, 2.05) is 60.7 Å². The quantitative estimate of drug-likeness (QED) is 0.456. The van der Waals surface area contributed by atoms with E-state index in [4.69, 9.17) is 21.4 Å². The zero-order valence-corrected chi connectivity index (χ0v) is 15.4. The summed E-state index contributed by atoms with van der Waals surface area (Å²) in [6, 6.07) is 19.6. The first kappa shape index (κ1) is 17.3. The van der Waals surface area contributed by atoms with Gasteiger partial charge in [-0.05, 0) is 24.3 Å². The summed E-state index contributed by atoms with van der Waals surface area (Å²) < 4.78 is 0. The number of hydrogen-bond donors (Lipinski definition) is 2. The fraction of sp³-hybridized carbons (Fsp3) is 0.0476. The lowest BCUT2D eigenvalue weighted by molar-refractivity contribution is 0.271. The van der Waals surface area contributed by atoms with Crippen molar-refractivity contribution >= 4 is 17.3 Å². The van der Waals surface area contributed by atoms with Gasteiger partial charge >= 0.3 is 0 Å². The third kappa shape index (κ3) is 3.56. The Morgan fingerprint density at radius 3 is 2.44 bits per heavy atom. The Morgan fingerprint density at radius 2 is 1.70 bits per heavy atom. The van der Waals surface area contributed by atoms with Gasteiger partial charge in [0.2, 0.25) is 0 Å². The fourth-order valence-corrected chi connectivity index (χ4v) is 3.06. The second-order valence-electron chi connectivity index (χ2n) is 5.91. The lowest BCUT2D eigenvalue weighted by Crippen LogP contribution is -1.96. The number of H-pyrrole nitrogens is 1. The SMILES string of the molecule is CONc1cc(-c2nc(-c3ccccc3)[nH]c2-c2ccncc2)ccc1Cl. The summed E-state index contributed by atoms with van der Waals surface area (Å²) in [4.78, 5) is 17.5. The number of aromatic amines is 1. The molecule has 2 N–H and O–H groups in total. The van der Waals surface area contributed by atoms with Crippen LogP contribution in [-0.2, 0) is 4.84 Å². The third-order valence-electron chi connectivity index (χ3n) is 4.17. The molecule has 5 nitrogen and oxygen atoms in total. The predicted octanol–water partition coefficient (Wildman–Crippen LogP) is 5.43. The van der Waals surface area contributed by atoms with Crippen LogP contribution in [-0.4, -0.2) is 22.1 Å². The van der Waals surface area contributed by atoms with E-state index in [0.29, 0.717) is 10.7 Å². The van der Waals surface area contributed by atoms with Crippen molar-refractivity contribution in [3.8, 4) is 33.9 Å². The number of rotatable bonds is 5. The van der Waals surface area contributed by atoms with Crippen LogP contribution in [0.4, 0.5) is 5.69 Å². The van der Waals surface area contributed by atoms with E-state index >= 15 is 0 Å². The first-order valence-corrected chi connectivity index (χ1v) is 8.79. The summed E-state index contributed by atoms with van der Waals surface area (Å²) >= 11 is 6.24. The van der Waals surface area contributed by atoms with E-state index < -0.39 is 0 Å². The minimum atomic E-state index is 0.574. The normalized spacial score (nSPS) is 10.7. The zero-order valence-electron chi connectivity index (χ0n) is 14.6. The maximum atomic E-state index is 6.24. The molecular weight excluding hydrogens is 360 g/mol. The van der Waals surface area contributed by atoms with Crippen molar-refractivity contribution in [2.45, 2.75) is 0 Å². The molecule has 4 rings (SSSR count). The highest BCUT2D eigenvalue weighted by Gasteiger charge is 2.16. The van der Waals surface area contributed by atoms with Gasteiger partial charge in [0.25, 0.3) is 0 Å². The smallest absolute Gasteiger partial charge is 0.138 e. The predicted molar refractivity (Wildman–Crippen MR) is 108 cm³/mol. The second-order valence-corrected chi connectivity index (χ2v) is 6.32. The molecule has 0 saturated carbocycles. The number of anilines is 1. The fourth-order valence-electron chi connectivity index (χ4n) is 2.90. The number of hydrogen-bond acceptors (Lipinski definition) is 4. The zero-order chi connectivity index (χ0) is 18.6. The number of aromatic nitrogens is 3. The monoisotopic (exact) mass is 376 g/mol. The molecule has 0 aliphatic rings. The number of nitrogens with one attached hydrogen (secondary N) is 2. The van der Waals surface area contributed by atoms with Crippen LogP contribution in [0.1, 0.15) is 0 Å². The van der Waals surface area contributed by atoms with Gasteiger partial charge in [0, 0.05) is 29.1 Å². The van der Waals surface area contributed by atoms with Gasteiger partial charge in [-0.25, -0.2) is 4.98 Å². The Hall–Kier alpha value is -3.15. The average molecular weight is 377 g/mol. The van der Waals surface area contributed by atoms with Crippen molar-refractivity contribution in [2.24, 2.45) is 0 Å². The van der Waals surface area contributed by atoms with Crippen LogP contribution in [0.5, 0.6) is 0 Å². The van der Waals surface area contributed by atoms with Crippen LogP contribution in [0.15, 0.2) is 73.1 Å². The van der Waals surface area contributed by atoms with E-state index in [0.717, 1.165) is 33.9 Å². The van der Waals surface area contributed by atoms with Gasteiger partial charge in [0.1, 0.15) is 5.82 Å². The Labute approximate surface area is 162 Å². The van der Waals surface area contributed by atoms with Crippen LogP contribution in [0, 0.1) is 0 Å². The minimum absolute atomic E-state index is 0.574. The van der Waals surface area contributed by atoms with Crippen LogP contribution >= 0.6 is 11.6 Å². The van der Waals surface area contributed by atoms with Crippen LogP contribution in [0.3, 0.4) is 0 Å². The van der Waals surface area contributed by atoms with Crippen molar-refractivity contribution < 1.29 is 4.84 Å². The summed E-state index contributed by atoms with van der Waals surface area (Å²) in [5, 5.41) is 0.574. The van der Waals surface area contributed by atoms with Crippen molar-refractivity contribution in [1.82, 2.24) is 15.0 Å². The van der Waals surface area contributed by atoms with Crippen molar-refractivity contribution in [3.63, 3.8) is 0 Å². The van der Waals surface area contributed by atoms with Crippen LogP contribution in [0.25, 0.3) is 33.9 Å². The summed E-state index contributed by atoms with van der Waals surface area (Å²) in [6.07, 6.45) is 3.53. The second kappa shape index (κ2) is 7.61. The molecule has 0 saturated heterocycles. The molecule has 0 aliphatic heterocycles. The molecule has 4 aromatic rings. The topological polar surface area (TPSA) is 62.8 Å². The van der Waals surface area contributed by atoms with Crippen molar-refractivity contribution in [3.05, 3.63) is 78.1 Å². The van der Waals surface area contributed by atoms with E-state index in [1.54, 1.807) is 19.5 Å².